The normalized spacial score (nSPS) is 15.4. The van der Waals surface area contributed by atoms with Gasteiger partial charge in [-0.05, 0) is 36.8 Å². The summed E-state index contributed by atoms with van der Waals surface area (Å²) in [6.07, 6.45) is 3.57. The summed E-state index contributed by atoms with van der Waals surface area (Å²) in [6.45, 7) is 1.92. The number of imidazole rings is 1. The molecule has 4 aromatic rings. The molecule has 0 atom stereocenters. The van der Waals surface area contributed by atoms with Crippen molar-refractivity contribution in [1.82, 2.24) is 9.38 Å². The Hall–Kier alpha value is -3.22. The molecule has 5 rings (SSSR count). The molecule has 0 radical (unpaired) electrons. The number of benzene rings is 2. The lowest BCUT2D eigenvalue weighted by Gasteiger charge is -2.28. The number of imide groups is 1. The number of thiazole rings is 1. The van der Waals surface area contributed by atoms with Gasteiger partial charge in [0.15, 0.2) is 10.1 Å². The molecule has 0 unspecified atom stereocenters. The average Bonchev–Trinajstić information content (AvgIpc) is 3.27. The Morgan fingerprint density at radius 1 is 1.03 bits per heavy atom. The minimum absolute atomic E-state index is 0.314. The Morgan fingerprint density at radius 3 is 2.62 bits per heavy atom. The molecular weight excluding hydrogens is 406 g/mol. The summed E-state index contributed by atoms with van der Waals surface area (Å²) >= 11 is 7.80. The summed E-state index contributed by atoms with van der Waals surface area (Å²) in [7, 11) is 0. The summed E-state index contributed by atoms with van der Waals surface area (Å²) in [5.74, 6) is -0.728. The first-order valence-electron chi connectivity index (χ1n) is 8.92. The number of rotatable bonds is 2. The van der Waals surface area contributed by atoms with Crippen molar-refractivity contribution in [3.05, 3.63) is 87.6 Å². The maximum atomic E-state index is 13.5. The van der Waals surface area contributed by atoms with E-state index >= 15 is 0 Å². The molecule has 1 aliphatic rings. The van der Waals surface area contributed by atoms with Crippen molar-refractivity contribution < 1.29 is 9.59 Å². The summed E-state index contributed by atoms with van der Waals surface area (Å²) in [6, 6.07) is 14.5. The first kappa shape index (κ1) is 17.8. The summed E-state index contributed by atoms with van der Waals surface area (Å²) in [5, 5.41) is 2.22. The molecule has 1 aliphatic heterocycles. The Morgan fingerprint density at radius 2 is 1.83 bits per heavy atom. The molecule has 2 amide bonds. The predicted octanol–water partition coefficient (Wildman–Crippen LogP) is 5.09. The standard InChI is InChI=1S/C22H14ClN3O2S/c1-13-5-4-6-14(11-13)26-20(27)16-8-3-2-7-15(16)17(21(26)28)12-18-19(23)24-22-25(18)9-10-29-22/h2-12H,1H3. The van der Waals surface area contributed by atoms with Crippen LogP contribution in [-0.2, 0) is 4.79 Å². The molecular formula is C22H14ClN3O2S. The summed E-state index contributed by atoms with van der Waals surface area (Å²) in [4.78, 5) is 32.9. The number of amides is 2. The van der Waals surface area contributed by atoms with E-state index < -0.39 is 0 Å². The van der Waals surface area contributed by atoms with E-state index in [9.17, 15) is 9.59 Å². The molecule has 29 heavy (non-hydrogen) atoms. The number of carbonyl (C=O) groups excluding carboxylic acids is 2. The molecule has 0 fully saturated rings. The molecule has 0 saturated carbocycles. The van der Waals surface area contributed by atoms with Crippen LogP contribution < -0.4 is 4.90 Å². The SMILES string of the molecule is Cc1cccc(N2C(=O)C(=Cc3c(Cl)nc4sccn34)c3ccccc3C2=O)c1. The van der Waals surface area contributed by atoms with Crippen molar-refractivity contribution in [3.8, 4) is 0 Å². The highest BCUT2D eigenvalue weighted by Crippen LogP contribution is 2.35. The van der Waals surface area contributed by atoms with Gasteiger partial charge in [0.2, 0.25) is 0 Å². The van der Waals surface area contributed by atoms with Gasteiger partial charge < -0.3 is 0 Å². The summed E-state index contributed by atoms with van der Waals surface area (Å²) in [5.41, 5.74) is 3.58. The Balaban J connectivity index is 1.75. The van der Waals surface area contributed by atoms with Crippen molar-refractivity contribution in [3.63, 3.8) is 0 Å². The Labute approximate surface area is 175 Å². The van der Waals surface area contributed by atoms with Gasteiger partial charge in [0.1, 0.15) is 0 Å². The molecule has 0 saturated heterocycles. The van der Waals surface area contributed by atoms with E-state index in [2.05, 4.69) is 4.98 Å². The second-order valence-electron chi connectivity index (χ2n) is 6.73. The van der Waals surface area contributed by atoms with Gasteiger partial charge in [-0.1, -0.05) is 41.9 Å². The fourth-order valence-electron chi connectivity index (χ4n) is 3.54. The van der Waals surface area contributed by atoms with E-state index in [1.807, 2.05) is 47.2 Å². The zero-order valence-electron chi connectivity index (χ0n) is 15.3. The third-order valence-corrected chi connectivity index (χ3v) is 5.91. The number of anilines is 1. The Kier molecular flexibility index (Phi) is 4.12. The van der Waals surface area contributed by atoms with Crippen molar-refractivity contribution in [1.29, 1.82) is 0 Å². The van der Waals surface area contributed by atoms with Gasteiger partial charge in [0.25, 0.3) is 11.8 Å². The predicted molar refractivity (Wildman–Crippen MR) is 115 cm³/mol. The minimum atomic E-state index is -0.388. The molecule has 3 heterocycles. The van der Waals surface area contributed by atoms with Crippen LogP contribution in [0.1, 0.15) is 27.2 Å². The van der Waals surface area contributed by atoms with Crippen LogP contribution in [0.3, 0.4) is 0 Å². The Bertz CT molecular complexity index is 1330. The first-order chi connectivity index (χ1) is 14.0. The number of hydrogen-bond acceptors (Lipinski definition) is 4. The van der Waals surface area contributed by atoms with E-state index in [1.54, 1.807) is 30.3 Å². The van der Waals surface area contributed by atoms with Crippen LogP contribution in [0.2, 0.25) is 5.15 Å². The summed E-state index contributed by atoms with van der Waals surface area (Å²) < 4.78 is 1.84. The molecule has 0 bridgehead atoms. The number of hydrogen-bond donors (Lipinski definition) is 0. The smallest absolute Gasteiger partial charge is 0.266 e. The van der Waals surface area contributed by atoms with Gasteiger partial charge in [-0.25, -0.2) is 9.88 Å². The zero-order valence-corrected chi connectivity index (χ0v) is 16.9. The molecule has 0 aliphatic carbocycles. The third kappa shape index (κ3) is 2.80. The molecule has 0 N–H and O–H groups in total. The molecule has 7 heteroatoms. The van der Waals surface area contributed by atoms with Gasteiger partial charge in [-0.3, -0.25) is 14.0 Å². The van der Waals surface area contributed by atoms with Gasteiger partial charge in [-0.15, -0.1) is 11.3 Å². The maximum absolute atomic E-state index is 13.5. The highest BCUT2D eigenvalue weighted by Gasteiger charge is 2.36. The van der Waals surface area contributed by atoms with E-state index in [0.29, 0.717) is 33.2 Å². The average molecular weight is 420 g/mol. The van der Waals surface area contributed by atoms with Crippen LogP contribution in [0.4, 0.5) is 5.69 Å². The van der Waals surface area contributed by atoms with Crippen molar-refractivity contribution in [2.75, 3.05) is 4.90 Å². The monoisotopic (exact) mass is 419 g/mol. The second-order valence-corrected chi connectivity index (χ2v) is 7.96. The second kappa shape index (κ2) is 6.69. The van der Waals surface area contributed by atoms with Crippen molar-refractivity contribution in [2.45, 2.75) is 6.92 Å². The van der Waals surface area contributed by atoms with Crippen LogP contribution in [-0.4, -0.2) is 21.2 Å². The number of carbonyl (C=O) groups is 2. The maximum Gasteiger partial charge on any atom is 0.266 e. The van der Waals surface area contributed by atoms with E-state index in [4.69, 9.17) is 11.6 Å². The fraction of sp³-hybridized carbons (Fsp3) is 0.0455. The number of aryl methyl sites for hydroxylation is 1. The molecule has 0 spiro atoms. The molecule has 142 valence electrons. The van der Waals surface area contributed by atoms with Crippen LogP contribution in [0, 0.1) is 6.92 Å². The van der Waals surface area contributed by atoms with Gasteiger partial charge in [0.05, 0.1) is 17.0 Å². The quantitative estimate of drug-likeness (QED) is 0.336. The third-order valence-electron chi connectivity index (χ3n) is 4.88. The minimum Gasteiger partial charge on any atom is -0.289 e. The van der Waals surface area contributed by atoms with Crippen LogP contribution in [0.15, 0.2) is 60.1 Å². The van der Waals surface area contributed by atoms with Crippen molar-refractivity contribution in [2.24, 2.45) is 0 Å². The van der Waals surface area contributed by atoms with E-state index in [0.717, 1.165) is 10.5 Å². The van der Waals surface area contributed by atoms with Crippen molar-refractivity contribution >= 4 is 57.0 Å². The zero-order chi connectivity index (χ0) is 20.1. The number of fused-ring (bicyclic) bond motifs is 2. The van der Waals surface area contributed by atoms with Crippen LogP contribution in [0.5, 0.6) is 0 Å². The number of halogens is 1. The highest BCUT2D eigenvalue weighted by molar-refractivity contribution is 7.15. The van der Waals surface area contributed by atoms with E-state index in [1.165, 1.54) is 16.2 Å². The molecule has 2 aromatic heterocycles. The highest BCUT2D eigenvalue weighted by atomic mass is 35.5. The molecule has 5 nitrogen and oxygen atoms in total. The van der Waals surface area contributed by atoms with E-state index in [-0.39, 0.29) is 11.8 Å². The number of nitrogens with zero attached hydrogens (tertiary/aromatic N) is 3. The molecule has 2 aromatic carbocycles. The lowest BCUT2D eigenvalue weighted by atomic mass is 9.92. The van der Waals surface area contributed by atoms with Crippen LogP contribution >= 0.6 is 22.9 Å². The lowest BCUT2D eigenvalue weighted by Crippen LogP contribution is -2.41. The lowest BCUT2D eigenvalue weighted by molar-refractivity contribution is -0.112. The van der Waals surface area contributed by atoms with Crippen LogP contribution in [0.25, 0.3) is 16.6 Å². The number of aromatic nitrogens is 2. The largest absolute Gasteiger partial charge is 0.289 e. The van der Waals surface area contributed by atoms with Gasteiger partial charge in [0, 0.05) is 22.7 Å². The van der Waals surface area contributed by atoms with Gasteiger partial charge >= 0.3 is 0 Å². The van der Waals surface area contributed by atoms with Gasteiger partial charge in [-0.2, -0.15) is 0 Å². The fourth-order valence-corrected chi connectivity index (χ4v) is 4.53. The first-order valence-corrected chi connectivity index (χ1v) is 10.2. The topological polar surface area (TPSA) is 54.7 Å².